The predicted molar refractivity (Wildman–Crippen MR) is 79.1 cm³/mol. The standard InChI is InChI=1S/C13H16F3N3OS/c1-3-19(2)11(20)7-18-10-5-4-8(13(14,15)16)6-9(10)12(17)21/h4-6,18H,3,7H2,1-2H3,(H2,17,21). The molecular weight excluding hydrogens is 303 g/mol. The Morgan fingerprint density at radius 2 is 2.05 bits per heavy atom. The van der Waals surface area contributed by atoms with E-state index in [1.807, 2.05) is 6.92 Å². The van der Waals surface area contributed by atoms with Crippen molar-refractivity contribution in [3.05, 3.63) is 29.3 Å². The Labute approximate surface area is 126 Å². The maximum atomic E-state index is 12.7. The van der Waals surface area contributed by atoms with E-state index in [1.165, 1.54) is 11.0 Å². The van der Waals surface area contributed by atoms with Crippen molar-refractivity contribution in [1.82, 2.24) is 4.90 Å². The molecule has 21 heavy (non-hydrogen) atoms. The van der Waals surface area contributed by atoms with Gasteiger partial charge in [0.05, 0.1) is 12.1 Å². The molecule has 1 rings (SSSR count). The molecule has 8 heteroatoms. The van der Waals surface area contributed by atoms with Gasteiger partial charge in [0.15, 0.2) is 0 Å². The van der Waals surface area contributed by atoms with E-state index in [1.54, 1.807) is 7.05 Å². The summed E-state index contributed by atoms with van der Waals surface area (Å²) in [6.45, 7) is 2.30. The van der Waals surface area contributed by atoms with Gasteiger partial charge >= 0.3 is 6.18 Å². The summed E-state index contributed by atoms with van der Waals surface area (Å²) in [5.74, 6) is -0.189. The van der Waals surface area contributed by atoms with Crippen molar-refractivity contribution in [3.63, 3.8) is 0 Å². The predicted octanol–water partition coefficient (Wildman–Crippen LogP) is 2.23. The van der Waals surface area contributed by atoms with E-state index in [9.17, 15) is 18.0 Å². The second-order valence-electron chi connectivity index (χ2n) is 4.38. The summed E-state index contributed by atoms with van der Waals surface area (Å²) < 4.78 is 38.0. The van der Waals surface area contributed by atoms with Gasteiger partial charge in [0, 0.05) is 24.8 Å². The van der Waals surface area contributed by atoms with Crippen LogP contribution in [0.15, 0.2) is 18.2 Å². The summed E-state index contributed by atoms with van der Waals surface area (Å²) in [4.78, 5) is 13.0. The minimum absolute atomic E-state index is 0.0503. The van der Waals surface area contributed by atoms with E-state index in [0.717, 1.165) is 12.1 Å². The molecular formula is C13H16F3N3OS. The van der Waals surface area contributed by atoms with Crippen LogP contribution in [0.4, 0.5) is 18.9 Å². The molecule has 0 aliphatic heterocycles. The number of hydrogen-bond donors (Lipinski definition) is 2. The van der Waals surface area contributed by atoms with Gasteiger partial charge in [-0.1, -0.05) is 12.2 Å². The minimum Gasteiger partial charge on any atom is -0.389 e. The monoisotopic (exact) mass is 319 g/mol. The lowest BCUT2D eigenvalue weighted by Gasteiger charge is -2.17. The van der Waals surface area contributed by atoms with E-state index in [4.69, 9.17) is 18.0 Å². The first-order chi connectivity index (χ1) is 9.66. The largest absolute Gasteiger partial charge is 0.416 e. The SMILES string of the molecule is CCN(C)C(=O)CNc1ccc(C(F)(F)F)cc1C(N)=S. The molecule has 1 amide bonds. The van der Waals surface area contributed by atoms with Crippen molar-refractivity contribution in [1.29, 1.82) is 0 Å². The van der Waals surface area contributed by atoms with E-state index in [-0.39, 0.29) is 23.0 Å². The number of hydrogen-bond acceptors (Lipinski definition) is 3. The number of anilines is 1. The molecule has 0 aromatic heterocycles. The van der Waals surface area contributed by atoms with Gasteiger partial charge in [-0.3, -0.25) is 4.79 Å². The number of thiocarbonyl (C=S) groups is 1. The Bertz CT molecular complexity index is 546. The fourth-order valence-electron chi connectivity index (χ4n) is 1.56. The van der Waals surface area contributed by atoms with Crippen molar-refractivity contribution < 1.29 is 18.0 Å². The summed E-state index contributed by atoms with van der Waals surface area (Å²) in [6, 6.07) is 3.01. The van der Waals surface area contributed by atoms with Crippen LogP contribution >= 0.6 is 12.2 Å². The first-order valence-corrected chi connectivity index (χ1v) is 6.56. The van der Waals surface area contributed by atoms with Crippen LogP contribution in [0.25, 0.3) is 0 Å². The molecule has 0 saturated heterocycles. The molecule has 0 radical (unpaired) electrons. The molecule has 3 N–H and O–H groups in total. The van der Waals surface area contributed by atoms with Crippen molar-refractivity contribution in [2.75, 3.05) is 25.5 Å². The van der Waals surface area contributed by atoms with Gasteiger partial charge in [-0.15, -0.1) is 0 Å². The normalized spacial score (nSPS) is 11.1. The summed E-state index contributed by atoms with van der Waals surface area (Å²) in [5.41, 5.74) is 4.97. The number of halogens is 3. The maximum Gasteiger partial charge on any atom is 0.416 e. The van der Waals surface area contributed by atoms with Crippen LogP contribution in [0.3, 0.4) is 0 Å². The molecule has 0 atom stereocenters. The molecule has 116 valence electrons. The van der Waals surface area contributed by atoms with Crippen LogP contribution < -0.4 is 11.1 Å². The topological polar surface area (TPSA) is 58.4 Å². The fraction of sp³-hybridized carbons (Fsp3) is 0.385. The molecule has 0 saturated carbocycles. The number of likely N-dealkylation sites (N-methyl/N-ethyl adjacent to an activating group) is 1. The molecule has 1 aromatic carbocycles. The van der Waals surface area contributed by atoms with Gasteiger partial charge in [0.2, 0.25) is 5.91 Å². The number of rotatable bonds is 5. The van der Waals surface area contributed by atoms with Gasteiger partial charge in [0.1, 0.15) is 4.99 Å². The van der Waals surface area contributed by atoms with Crippen molar-refractivity contribution in [2.24, 2.45) is 5.73 Å². The summed E-state index contributed by atoms with van der Waals surface area (Å²) in [6.07, 6.45) is -4.48. The van der Waals surface area contributed by atoms with Crippen LogP contribution in [0.5, 0.6) is 0 Å². The third kappa shape index (κ3) is 4.59. The van der Waals surface area contributed by atoms with Gasteiger partial charge in [-0.05, 0) is 25.1 Å². The average Bonchev–Trinajstić information content (AvgIpc) is 2.42. The number of nitrogens with zero attached hydrogens (tertiary/aromatic N) is 1. The Morgan fingerprint density at radius 3 is 2.52 bits per heavy atom. The van der Waals surface area contributed by atoms with Crippen LogP contribution in [0.2, 0.25) is 0 Å². The number of nitrogens with one attached hydrogen (secondary N) is 1. The van der Waals surface area contributed by atoms with Crippen molar-refractivity contribution in [2.45, 2.75) is 13.1 Å². The zero-order valence-electron chi connectivity index (χ0n) is 11.6. The third-order valence-electron chi connectivity index (χ3n) is 2.94. The van der Waals surface area contributed by atoms with E-state index in [2.05, 4.69) is 5.32 Å². The van der Waals surface area contributed by atoms with E-state index >= 15 is 0 Å². The molecule has 0 heterocycles. The highest BCUT2D eigenvalue weighted by molar-refractivity contribution is 7.80. The highest BCUT2D eigenvalue weighted by atomic mass is 32.1. The molecule has 1 aromatic rings. The third-order valence-corrected chi connectivity index (χ3v) is 3.16. The van der Waals surface area contributed by atoms with Crippen LogP contribution in [-0.4, -0.2) is 35.9 Å². The number of alkyl halides is 3. The minimum atomic E-state index is -4.48. The average molecular weight is 319 g/mol. The number of benzene rings is 1. The fourth-order valence-corrected chi connectivity index (χ4v) is 1.73. The molecule has 4 nitrogen and oxygen atoms in total. The molecule has 0 spiro atoms. The quantitative estimate of drug-likeness (QED) is 0.817. The van der Waals surface area contributed by atoms with Gasteiger partial charge in [-0.25, -0.2) is 0 Å². The van der Waals surface area contributed by atoms with Crippen LogP contribution in [-0.2, 0) is 11.0 Å². The van der Waals surface area contributed by atoms with Crippen molar-refractivity contribution in [3.8, 4) is 0 Å². The van der Waals surface area contributed by atoms with Crippen molar-refractivity contribution >= 4 is 28.8 Å². The molecule has 0 bridgehead atoms. The Kier molecular flexibility index (Phi) is 5.54. The lowest BCUT2D eigenvalue weighted by atomic mass is 10.1. The number of carbonyl (C=O) groups excluding carboxylic acids is 1. The van der Waals surface area contributed by atoms with E-state index in [0.29, 0.717) is 12.2 Å². The Morgan fingerprint density at radius 1 is 1.43 bits per heavy atom. The highest BCUT2D eigenvalue weighted by Crippen LogP contribution is 2.31. The Balaban J connectivity index is 2.98. The van der Waals surface area contributed by atoms with Gasteiger partial charge < -0.3 is 16.0 Å². The zero-order chi connectivity index (χ0) is 16.2. The lowest BCUT2D eigenvalue weighted by Crippen LogP contribution is -2.32. The molecule has 0 aliphatic carbocycles. The number of carbonyl (C=O) groups is 1. The Hall–Kier alpha value is -1.83. The van der Waals surface area contributed by atoms with Gasteiger partial charge in [0.25, 0.3) is 0 Å². The zero-order valence-corrected chi connectivity index (χ0v) is 12.4. The first-order valence-electron chi connectivity index (χ1n) is 6.15. The van der Waals surface area contributed by atoms with Crippen LogP contribution in [0, 0.1) is 0 Å². The summed E-state index contributed by atoms with van der Waals surface area (Å²) in [5, 5.41) is 2.76. The van der Waals surface area contributed by atoms with Crippen LogP contribution in [0.1, 0.15) is 18.1 Å². The first kappa shape index (κ1) is 17.2. The smallest absolute Gasteiger partial charge is 0.389 e. The molecule has 0 aliphatic rings. The lowest BCUT2D eigenvalue weighted by molar-refractivity contribution is -0.137. The maximum absolute atomic E-state index is 12.7. The number of nitrogens with two attached hydrogens (primary N) is 1. The second-order valence-corrected chi connectivity index (χ2v) is 4.82. The second kappa shape index (κ2) is 6.75. The molecule has 0 fully saturated rings. The van der Waals surface area contributed by atoms with Gasteiger partial charge in [-0.2, -0.15) is 13.2 Å². The highest BCUT2D eigenvalue weighted by Gasteiger charge is 2.31. The van der Waals surface area contributed by atoms with E-state index < -0.39 is 11.7 Å². The molecule has 0 unspecified atom stereocenters. The summed E-state index contributed by atoms with van der Waals surface area (Å²) >= 11 is 4.76. The summed E-state index contributed by atoms with van der Waals surface area (Å²) in [7, 11) is 1.63. The number of amides is 1.